The maximum Gasteiger partial charge on any atom is 0.250 e. The maximum absolute atomic E-state index is 11.8. The number of carbonyl (C=O) groups excluding carboxylic acids is 1. The number of rotatable bonds is 4. The van der Waals surface area contributed by atoms with Crippen molar-refractivity contribution in [3.8, 4) is 0 Å². The molecule has 1 fully saturated rings. The lowest BCUT2D eigenvalue weighted by Crippen LogP contribution is -2.35. The van der Waals surface area contributed by atoms with E-state index in [1.54, 1.807) is 12.1 Å². The number of para-hydroxylation sites is 2. The largest absolute Gasteiger partial charge is 0.397 e. The lowest BCUT2D eigenvalue weighted by molar-refractivity contribution is -0.131. The Hall–Kier alpha value is -1.59. The minimum atomic E-state index is -0.185. The topological polar surface area (TPSA) is 73.6 Å². The summed E-state index contributed by atoms with van der Waals surface area (Å²) in [6, 6.07) is 7.17. The Balaban J connectivity index is 1.79. The Morgan fingerprint density at radius 1 is 1.35 bits per heavy atom. The molecule has 1 aromatic rings. The molecule has 5 heteroatoms. The molecule has 0 spiro atoms. The van der Waals surface area contributed by atoms with E-state index in [4.69, 9.17) is 15.2 Å². The number of nitrogen functional groups attached to an aromatic ring is 1. The number of carbonyl (C=O) groups is 1. The van der Waals surface area contributed by atoms with Crippen LogP contribution in [0.15, 0.2) is 24.3 Å². The second-order valence-electron chi connectivity index (χ2n) is 5.30. The summed E-state index contributed by atoms with van der Waals surface area (Å²) in [6.45, 7) is 4.09. The summed E-state index contributed by atoms with van der Waals surface area (Å²) in [6.07, 6.45) is 2.08. The zero-order chi connectivity index (χ0) is 14.5. The molecule has 110 valence electrons. The van der Waals surface area contributed by atoms with E-state index in [2.05, 4.69) is 5.32 Å². The molecule has 1 heterocycles. The van der Waals surface area contributed by atoms with Crippen molar-refractivity contribution in [2.45, 2.75) is 45.0 Å². The van der Waals surface area contributed by atoms with Gasteiger partial charge in [0, 0.05) is 0 Å². The first kappa shape index (κ1) is 14.8. The van der Waals surface area contributed by atoms with E-state index in [1.807, 2.05) is 26.0 Å². The highest BCUT2D eigenvalue weighted by Crippen LogP contribution is 2.22. The first-order valence-electron chi connectivity index (χ1n) is 6.96. The zero-order valence-electron chi connectivity index (χ0n) is 12.0. The van der Waals surface area contributed by atoms with Gasteiger partial charge in [0.05, 0.1) is 29.7 Å². The Morgan fingerprint density at radius 3 is 2.65 bits per heavy atom. The van der Waals surface area contributed by atoms with Crippen LogP contribution in [-0.2, 0) is 14.3 Å². The summed E-state index contributed by atoms with van der Waals surface area (Å²) >= 11 is 0. The van der Waals surface area contributed by atoms with Gasteiger partial charge in [0.15, 0.2) is 0 Å². The van der Waals surface area contributed by atoms with Gasteiger partial charge in [-0.15, -0.1) is 0 Å². The highest BCUT2D eigenvalue weighted by Gasteiger charge is 2.25. The van der Waals surface area contributed by atoms with Crippen molar-refractivity contribution >= 4 is 17.3 Å². The lowest BCUT2D eigenvalue weighted by Gasteiger charge is -2.31. The van der Waals surface area contributed by atoms with Gasteiger partial charge in [-0.3, -0.25) is 4.79 Å². The van der Waals surface area contributed by atoms with Crippen LogP contribution < -0.4 is 11.1 Å². The highest BCUT2D eigenvalue weighted by atomic mass is 16.5. The Labute approximate surface area is 119 Å². The van der Waals surface area contributed by atoms with Gasteiger partial charge in [-0.05, 0) is 38.8 Å². The van der Waals surface area contributed by atoms with Crippen LogP contribution in [0.25, 0.3) is 0 Å². The third-order valence-electron chi connectivity index (χ3n) is 3.34. The van der Waals surface area contributed by atoms with Crippen molar-refractivity contribution in [1.82, 2.24) is 0 Å². The fourth-order valence-corrected chi connectivity index (χ4v) is 2.47. The summed E-state index contributed by atoms with van der Waals surface area (Å²) in [5.74, 6) is -0.185. The number of benzene rings is 1. The van der Waals surface area contributed by atoms with Gasteiger partial charge in [0.25, 0.3) is 0 Å². The quantitative estimate of drug-likeness (QED) is 0.828. The molecule has 1 aliphatic heterocycles. The predicted molar refractivity (Wildman–Crippen MR) is 78.5 cm³/mol. The summed E-state index contributed by atoms with van der Waals surface area (Å²) in [5.41, 5.74) is 6.94. The normalized spacial score (nSPS) is 26.2. The number of anilines is 2. The van der Waals surface area contributed by atoms with Crippen molar-refractivity contribution < 1.29 is 14.3 Å². The predicted octanol–water partition coefficient (Wildman–Crippen LogP) is 2.18. The van der Waals surface area contributed by atoms with Crippen molar-refractivity contribution in [2.75, 3.05) is 17.7 Å². The summed E-state index contributed by atoms with van der Waals surface area (Å²) in [7, 11) is 0. The van der Waals surface area contributed by atoms with E-state index in [0.29, 0.717) is 11.4 Å². The number of nitrogens with two attached hydrogens (primary N) is 1. The van der Waals surface area contributed by atoms with E-state index >= 15 is 0 Å². The molecular weight excluding hydrogens is 256 g/mol. The van der Waals surface area contributed by atoms with E-state index < -0.39 is 0 Å². The SMILES string of the molecule is CC1CC(OCC(=O)Nc2ccccc2N)CC(C)O1. The minimum Gasteiger partial charge on any atom is -0.397 e. The average Bonchev–Trinajstić information content (AvgIpc) is 2.38. The van der Waals surface area contributed by atoms with E-state index in [1.165, 1.54) is 0 Å². The third kappa shape index (κ3) is 4.21. The molecule has 0 aromatic heterocycles. The van der Waals surface area contributed by atoms with Crippen LogP contribution in [0.3, 0.4) is 0 Å². The zero-order valence-corrected chi connectivity index (χ0v) is 12.0. The second-order valence-corrected chi connectivity index (χ2v) is 5.30. The molecule has 2 rings (SSSR count). The van der Waals surface area contributed by atoms with Crippen LogP contribution in [-0.4, -0.2) is 30.8 Å². The molecule has 3 N–H and O–H groups in total. The van der Waals surface area contributed by atoms with Crippen LogP contribution >= 0.6 is 0 Å². The van der Waals surface area contributed by atoms with Crippen LogP contribution in [0.4, 0.5) is 11.4 Å². The van der Waals surface area contributed by atoms with Gasteiger partial charge in [-0.25, -0.2) is 0 Å². The van der Waals surface area contributed by atoms with Gasteiger partial charge in [-0.2, -0.15) is 0 Å². The third-order valence-corrected chi connectivity index (χ3v) is 3.34. The van der Waals surface area contributed by atoms with Crippen LogP contribution in [0.2, 0.25) is 0 Å². The molecule has 5 nitrogen and oxygen atoms in total. The Bertz CT molecular complexity index is 454. The van der Waals surface area contributed by atoms with E-state index in [9.17, 15) is 4.79 Å². The summed E-state index contributed by atoms with van der Waals surface area (Å²) in [5, 5.41) is 2.75. The van der Waals surface area contributed by atoms with Crippen LogP contribution in [0.1, 0.15) is 26.7 Å². The molecule has 1 amide bonds. The fourth-order valence-electron chi connectivity index (χ4n) is 2.47. The van der Waals surface area contributed by atoms with Gasteiger partial charge in [-0.1, -0.05) is 12.1 Å². The molecular formula is C15H22N2O3. The number of nitrogens with one attached hydrogen (secondary N) is 1. The minimum absolute atomic E-state index is 0.0401. The van der Waals surface area contributed by atoms with Crippen molar-refractivity contribution in [2.24, 2.45) is 0 Å². The molecule has 0 aliphatic carbocycles. The fraction of sp³-hybridized carbons (Fsp3) is 0.533. The first-order chi connectivity index (χ1) is 9.54. The second kappa shape index (κ2) is 6.72. The molecule has 2 unspecified atom stereocenters. The van der Waals surface area contributed by atoms with Gasteiger partial charge in [0.2, 0.25) is 5.91 Å². The van der Waals surface area contributed by atoms with Gasteiger partial charge in [0.1, 0.15) is 6.61 Å². The molecule has 0 saturated carbocycles. The Morgan fingerprint density at radius 2 is 2.00 bits per heavy atom. The maximum atomic E-state index is 11.8. The van der Waals surface area contributed by atoms with Gasteiger partial charge < -0.3 is 20.5 Å². The average molecular weight is 278 g/mol. The highest BCUT2D eigenvalue weighted by molar-refractivity contribution is 5.94. The van der Waals surface area contributed by atoms with Crippen molar-refractivity contribution in [1.29, 1.82) is 0 Å². The van der Waals surface area contributed by atoms with E-state index in [-0.39, 0.29) is 30.8 Å². The van der Waals surface area contributed by atoms with Crippen molar-refractivity contribution in [3.05, 3.63) is 24.3 Å². The monoisotopic (exact) mass is 278 g/mol. The van der Waals surface area contributed by atoms with E-state index in [0.717, 1.165) is 12.8 Å². The number of hydrogen-bond donors (Lipinski definition) is 2. The van der Waals surface area contributed by atoms with Crippen LogP contribution in [0.5, 0.6) is 0 Å². The molecule has 1 aliphatic rings. The summed E-state index contributed by atoms with van der Waals surface area (Å²) in [4.78, 5) is 11.8. The molecule has 0 bridgehead atoms. The van der Waals surface area contributed by atoms with Crippen LogP contribution in [0, 0.1) is 0 Å². The molecule has 1 aromatic carbocycles. The van der Waals surface area contributed by atoms with Gasteiger partial charge >= 0.3 is 0 Å². The molecule has 0 radical (unpaired) electrons. The first-order valence-corrected chi connectivity index (χ1v) is 6.96. The number of hydrogen-bond acceptors (Lipinski definition) is 4. The number of ether oxygens (including phenoxy) is 2. The molecule has 20 heavy (non-hydrogen) atoms. The standard InChI is InChI=1S/C15H22N2O3/c1-10-7-12(8-11(2)20-10)19-9-15(18)17-14-6-4-3-5-13(14)16/h3-6,10-12H,7-9,16H2,1-2H3,(H,17,18). The smallest absolute Gasteiger partial charge is 0.250 e. The molecule has 1 saturated heterocycles. The molecule has 2 atom stereocenters. The summed E-state index contributed by atoms with van der Waals surface area (Å²) < 4.78 is 11.3. The lowest BCUT2D eigenvalue weighted by atomic mass is 10.0. The Kier molecular flexibility index (Phi) is 4.98. The number of amides is 1. The van der Waals surface area contributed by atoms with Crippen molar-refractivity contribution in [3.63, 3.8) is 0 Å².